The summed E-state index contributed by atoms with van der Waals surface area (Å²) in [6.45, 7) is -0.0103. The molecule has 4 heteroatoms. The Kier molecular flexibility index (Phi) is 13.0. The molecule has 0 aromatic rings. The SMILES string of the molecule is OCCCCC(O)CO.[AtH]. The van der Waals surface area contributed by atoms with E-state index in [1.807, 2.05) is 0 Å². The van der Waals surface area contributed by atoms with Crippen molar-refractivity contribution in [1.29, 1.82) is 0 Å². The molecule has 1 atom stereocenters. The van der Waals surface area contributed by atoms with Crippen molar-refractivity contribution in [3.05, 3.63) is 0 Å². The van der Waals surface area contributed by atoms with Crippen LogP contribution in [-0.2, 0) is 0 Å². The molecule has 0 saturated carbocycles. The van der Waals surface area contributed by atoms with E-state index in [9.17, 15) is 0 Å². The van der Waals surface area contributed by atoms with Crippen molar-refractivity contribution in [2.75, 3.05) is 13.2 Å². The molecule has 0 heterocycles. The summed E-state index contributed by atoms with van der Waals surface area (Å²) < 4.78 is 0. The Labute approximate surface area is 80.2 Å². The standard InChI is InChI=1S/C6H14O3.AtH/c7-4-2-1-3-6(9)5-8;/h6-9H,1-5H2;1H. The normalized spacial score (nSPS) is 12.3. The number of aliphatic hydroxyl groups is 3. The number of aliphatic hydroxyl groups excluding tert-OH is 3. The van der Waals surface area contributed by atoms with Gasteiger partial charge in [-0.1, -0.05) is 0 Å². The van der Waals surface area contributed by atoms with Crippen molar-refractivity contribution in [3.8, 4) is 0 Å². The molecule has 0 bridgehead atoms. The minimum absolute atomic E-state index is 0. The fourth-order valence-corrected chi connectivity index (χ4v) is 0.583. The third-order valence-electron chi connectivity index (χ3n) is 1.16. The van der Waals surface area contributed by atoms with E-state index in [0.717, 1.165) is 6.42 Å². The zero-order valence-electron chi connectivity index (χ0n) is 5.86. The molecule has 10 heavy (non-hydrogen) atoms. The summed E-state index contributed by atoms with van der Waals surface area (Å²) >= 11 is 0. The van der Waals surface area contributed by atoms with Gasteiger partial charge in [0.05, 0.1) is 12.7 Å². The third kappa shape index (κ3) is 8.76. The average molecular weight is 345 g/mol. The van der Waals surface area contributed by atoms with E-state index in [4.69, 9.17) is 15.3 Å². The molecule has 0 fully saturated rings. The first-order valence-corrected chi connectivity index (χ1v) is 3.21. The van der Waals surface area contributed by atoms with E-state index in [-0.39, 0.29) is 39.4 Å². The van der Waals surface area contributed by atoms with E-state index in [1.54, 1.807) is 0 Å². The van der Waals surface area contributed by atoms with Crippen LogP contribution in [0.2, 0.25) is 0 Å². The van der Waals surface area contributed by atoms with Crippen LogP contribution in [0.1, 0.15) is 19.3 Å². The molecule has 64 valence electrons. The first-order valence-electron chi connectivity index (χ1n) is 3.21. The molecule has 0 amide bonds. The van der Waals surface area contributed by atoms with Crippen molar-refractivity contribution in [2.24, 2.45) is 0 Å². The summed E-state index contributed by atoms with van der Waals surface area (Å²) in [6, 6.07) is 0. The van der Waals surface area contributed by atoms with Gasteiger partial charge in [-0.15, -0.1) is 0 Å². The van der Waals surface area contributed by atoms with Gasteiger partial charge in [-0.25, -0.2) is 0 Å². The van der Waals surface area contributed by atoms with Crippen LogP contribution in [0.3, 0.4) is 0 Å². The zero-order valence-corrected chi connectivity index (χ0v) is 9.04. The van der Waals surface area contributed by atoms with Crippen molar-refractivity contribution in [1.82, 2.24) is 0 Å². The Morgan fingerprint density at radius 1 is 1.10 bits per heavy atom. The quantitative estimate of drug-likeness (QED) is 0.574. The molecule has 0 saturated heterocycles. The summed E-state index contributed by atoms with van der Waals surface area (Å²) in [7, 11) is 0. The summed E-state index contributed by atoms with van der Waals surface area (Å²) in [4.78, 5) is 0. The molecule has 1 unspecified atom stereocenters. The van der Waals surface area contributed by atoms with Crippen molar-refractivity contribution < 1.29 is 41.5 Å². The summed E-state index contributed by atoms with van der Waals surface area (Å²) in [5.74, 6) is 0. The second-order valence-corrected chi connectivity index (χ2v) is 2.06. The first kappa shape index (κ1) is 13.4. The predicted molar refractivity (Wildman–Crippen MR) is 35.4 cm³/mol. The molecule has 0 aromatic carbocycles. The number of hydrogen-bond donors (Lipinski definition) is 3. The van der Waals surface area contributed by atoms with Gasteiger partial charge in [0, 0.05) is 6.61 Å². The third-order valence-corrected chi connectivity index (χ3v) is 1.16. The van der Waals surface area contributed by atoms with Gasteiger partial charge >= 0.3 is 26.2 Å². The van der Waals surface area contributed by atoms with Crippen LogP contribution in [0.5, 0.6) is 0 Å². The van der Waals surface area contributed by atoms with E-state index in [1.165, 1.54) is 0 Å². The van der Waals surface area contributed by atoms with Gasteiger partial charge in [-0.3, -0.25) is 0 Å². The molecule has 0 aliphatic heterocycles. The van der Waals surface area contributed by atoms with Gasteiger partial charge in [0.1, 0.15) is 0 Å². The van der Waals surface area contributed by atoms with E-state index in [0.29, 0.717) is 12.8 Å². The molecular weight excluding hydrogens is 330 g/mol. The maximum atomic E-state index is 8.75. The van der Waals surface area contributed by atoms with E-state index in [2.05, 4.69) is 0 Å². The first-order chi connectivity index (χ1) is 4.31. The second kappa shape index (κ2) is 9.76. The number of rotatable bonds is 5. The van der Waals surface area contributed by atoms with Crippen LogP contribution in [0.15, 0.2) is 0 Å². The molecule has 0 radical (unpaired) electrons. The number of unbranched alkanes of at least 4 members (excludes halogenated alkanes) is 1. The molecule has 0 aromatic heterocycles. The van der Waals surface area contributed by atoms with Gasteiger partial charge in [-0.05, 0) is 19.3 Å². The molecular formula is C6H15AtO3. The Bertz CT molecular complexity index is 61.0. The number of hydrogen-bond acceptors (Lipinski definition) is 3. The Hall–Kier alpha value is 0.763. The van der Waals surface area contributed by atoms with Crippen molar-refractivity contribution in [3.63, 3.8) is 0 Å². The van der Waals surface area contributed by atoms with Gasteiger partial charge in [0.25, 0.3) is 0 Å². The summed E-state index contributed by atoms with van der Waals surface area (Å²) in [6.07, 6.45) is 1.46. The monoisotopic (exact) mass is 345 g/mol. The van der Waals surface area contributed by atoms with Crippen molar-refractivity contribution in [2.45, 2.75) is 25.4 Å². The summed E-state index contributed by atoms with van der Waals surface area (Å²) in [5, 5.41) is 25.4. The molecule has 3 nitrogen and oxygen atoms in total. The second-order valence-electron chi connectivity index (χ2n) is 2.06. The fourth-order valence-electron chi connectivity index (χ4n) is 0.583. The Balaban J connectivity index is 0. The minimum atomic E-state index is -0.600. The topological polar surface area (TPSA) is 60.7 Å². The van der Waals surface area contributed by atoms with Crippen LogP contribution in [-0.4, -0.2) is 34.6 Å². The maximum absolute atomic E-state index is 8.75. The molecule has 0 rings (SSSR count). The van der Waals surface area contributed by atoms with Crippen LogP contribution in [0, 0.1) is 26.2 Å². The Morgan fingerprint density at radius 2 is 1.70 bits per heavy atom. The zero-order chi connectivity index (χ0) is 7.11. The van der Waals surface area contributed by atoms with Gasteiger partial charge < -0.3 is 15.3 Å². The van der Waals surface area contributed by atoms with Gasteiger partial charge in [-0.2, -0.15) is 0 Å². The molecule has 3 N–H and O–H groups in total. The summed E-state index contributed by atoms with van der Waals surface area (Å²) in [5.41, 5.74) is 0. The van der Waals surface area contributed by atoms with Crippen LogP contribution >= 0.6 is 0 Å². The fraction of sp³-hybridized carbons (Fsp3) is 1.00. The molecule has 0 spiro atoms. The van der Waals surface area contributed by atoms with Crippen molar-refractivity contribution >= 4 is 0 Å². The van der Waals surface area contributed by atoms with Crippen LogP contribution in [0.25, 0.3) is 0 Å². The van der Waals surface area contributed by atoms with Gasteiger partial charge in [0.15, 0.2) is 0 Å². The molecule has 0 aliphatic rings. The van der Waals surface area contributed by atoms with Crippen LogP contribution in [0.4, 0.5) is 0 Å². The predicted octanol–water partition coefficient (Wildman–Crippen LogP) is -0.765. The van der Waals surface area contributed by atoms with Crippen LogP contribution < -0.4 is 0 Å². The van der Waals surface area contributed by atoms with Gasteiger partial charge in [0.2, 0.25) is 0 Å². The van der Waals surface area contributed by atoms with E-state index < -0.39 is 6.10 Å². The molecule has 0 aliphatic carbocycles. The van der Waals surface area contributed by atoms with E-state index >= 15 is 0 Å². The Morgan fingerprint density at radius 3 is 2.10 bits per heavy atom. The average Bonchev–Trinajstić information content (AvgIpc) is 1.89.